The van der Waals surface area contributed by atoms with E-state index in [1.165, 1.54) is 32.1 Å². The van der Waals surface area contributed by atoms with Crippen LogP contribution < -0.4 is 11.1 Å². The molecule has 1 saturated carbocycles. The van der Waals surface area contributed by atoms with Crippen molar-refractivity contribution < 1.29 is 9.21 Å². The number of carbonyl (C=O) groups excluding carboxylic acids is 1. The molecule has 1 unspecified atom stereocenters. The average Bonchev–Trinajstić information content (AvgIpc) is 2.98. The van der Waals surface area contributed by atoms with Crippen LogP contribution in [0.1, 0.15) is 51.3 Å². The normalized spacial score (nSPS) is 17.3. The second kappa shape index (κ2) is 7.13. The van der Waals surface area contributed by atoms with E-state index < -0.39 is 6.04 Å². The van der Waals surface area contributed by atoms with Crippen LogP contribution in [-0.4, -0.2) is 16.9 Å². The maximum Gasteiger partial charge on any atom is 0.241 e. The Labute approximate surface area is 136 Å². The Hall–Kier alpha value is -1.88. The van der Waals surface area contributed by atoms with Crippen molar-refractivity contribution in [3.63, 3.8) is 0 Å². The van der Waals surface area contributed by atoms with Crippen molar-refractivity contribution in [1.29, 1.82) is 0 Å². The number of oxazole rings is 1. The number of nitrogens with zero attached hydrogens (tertiary/aromatic N) is 1. The summed E-state index contributed by atoms with van der Waals surface area (Å²) in [6.45, 7) is 2.00. The van der Waals surface area contributed by atoms with Crippen LogP contribution >= 0.6 is 0 Å². The van der Waals surface area contributed by atoms with E-state index >= 15 is 0 Å². The van der Waals surface area contributed by atoms with Gasteiger partial charge in [-0.1, -0.05) is 39.0 Å². The summed E-state index contributed by atoms with van der Waals surface area (Å²) in [5.74, 6) is 1.18. The van der Waals surface area contributed by atoms with Gasteiger partial charge in [-0.05, 0) is 30.5 Å². The Kier molecular flexibility index (Phi) is 4.96. The zero-order chi connectivity index (χ0) is 16.2. The lowest BCUT2D eigenvalue weighted by molar-refractivity contribution is -0.117. The number of amides is 1. The molecule has 5 heteroatoms. The first-order chi connectivity index (χ1) is 11.2. The minimum Gasteiger partial charge on any atom is -0.441 e. The molecular formula is C18H25N3O2. The topological polar surface area (TPSA) is 81.2 Å². The summed E-state index contributed by atoms with van der Waals surface area (Å²) in [6, 6.07) is 5.06. The third kappa shape index (κ3) is 3.91. The Bertz CT molecular complexity index is 674. The van der Waals surface area contributed by atoms with Crippen molar-refractivity contribution in [3.05, 3.63) is 24.1 Å². The quantitative estimate of drug-likeness (QED) is 0.883. The van der Waals surface area contributed by atoms with Crippen LogP contribution in [0, 0.1) is 5.92 Å². The number of anilines is 1. The summed E-state index contributed by atoms with van der Waals surface area (Å²) in [5.41, 5.74) is 8.31. The van der Waals surface area contributed by atoms with Crippen molar-refractivity contribution in [3.8, 4) is 0 Å². The number of carbonyl (C=O) groups is 1. The second-order valence-electron chi connectivity index (χ2n) is 6.48. The minimum absolute atomic E-state index is 0.117. The van der Waals surface area contributed by atoms with E-state index in [0.29, 0.717) is 11.8 Å². The lowest BCUT2D eigenvalue weighted by Crippen LogP contribution is -2.37. The average molecular weight is 315 g/mol. The first-order valence-electron chi connectivity index (χ1n) is 8.61. The summed E-state index contributed by atoms with van der Waals surface area (Å²) < 4.78 is 5.58. The molecule has 0 bridgehead atoms. The predicted octanol–water partition coefficient (Wildman–Crippen LogP) is 3.63. The fourth-order valence-corrected chi connectivity index (χ4v) is 3.33. The van der Waals surface area contributed by atoms with Crippen molar-refractivity contribution in [2.24, 2.45) is 11.7 Å². The summed E-state index contributed by atoms with van der Waals surface area (Å²) in [7, 11) is 0. The molecule has 3 rings (SSSR count). The van der Waals surface area contributed by atoms with Crippen LogP contribution in [-0.2, 0) is 11.2 Å². The summed E-state index contributed by atoms with van der Waals surface area (Å²) in [5, 5.41) is 2.91. The number of fused-ring (bicyclic) bond motifs is 1. The maximum atomic E-state index is 12.3. The molecule has 1 heterocycles. The van der Waals surface area contributed by atoms with E-state index in [1.54, 1.807) is 0 Å². The third-order valence-corrected chi connectivity index (χ3v) is 4.65. The van der Waals surface area contributed by atoms with Crippen molar-refractivity contribution >= 4 is 22.7 Å². The molecular weight excluding hydrogens is 290 g/mol. The molecule has 3 N–H and O–H groups in total. The number of rotatable bonds is 5. The van der Waals surface area contributed by atoms with E-state index in [2.05, 4.69) is 10.3 Å². The molecule has 1 amide bonds. The zero-order valence-electron chi connectivity index (χ0n) is 13.7. The van der Waals surface area contributed by atoms with Gasteiger partial charge in [-0.25, -0.2) is 4.98 Å². The molecule has 2 aromatic rings. The van der Waals surface area contributed by atoms with Crippen LogP contribution in [0.2, 0.25) is 0 Å². The molecule has 23 heavy (non-hydrogen) atoms. The first-order valence-corrected chi connectivity index (χ1v) is 8.61. The molecule has 1 aliphatic rings. The highest BCUT2D eigenvalue weighted by Gasteiger charge is 2.21. The molecule has 1 aliphatic carbocycles. The van der Waals surface area contributed by atoms with Gasteiger partial charge in [-0.3, -0.25) is 4.79 Å². The van der Waals surface area contributed by atoms with Gasteiger partial charge in [0, 0.05) is 12.1 Å². The Balaban J connectivity index is 1.62. The summed E-state index contributed by atoms with van der Waals surface area (Å²) in [4.78, 5) is 16.7. The highest BCUT2D eigenvalue weighted by molar-refractivity contribution is 5.96. The number of aryl methyl sites for hydroxylation is 1. The fourth-order valence-electron chi connectivity index (χ4n) is 3.33. The number of benzene rings is 1. The molecule has 1 fully saturated rings. The van der Waals surface area contributed by atoms with Crippen LogP contribution in [0.25, 0.3) is 11.1 Å². The minimum atomic E-state index is -0.447. The smallest absolute Gasteiger partial charge is 0.241 e. The second-order valence-corrected chi connectivity index (χ2v) is 6.48. The number of aromatic nitrogens is 1. The molecule has 0 saturated heterocycles. The zero-order valence-corrected chi connectivity index (χ0v) is 13.7. The molecule has 0 spiro atoms. The molecule has 124 valence electrons. The third-order valence-electron chi connectivity index (χ3n) is 4.65. The Morgan fingerprint density at radius 3 is 2.91 bits per heavy atom. The summed E-state index contributed by atoms with van der Waals surface area (Å²) in [6.07, 6.45) is 7.77. The molecule has 1 aromatic carbocycles. The van der Waals surface area contributed by atoms with Gasteiger partial charge in [0.1, 0.15) is 5.52 Å². The van der Waals surface area contributed by atoms with Gasteiger partial charge < -0.3 is 15.5 Å². The van der Waals surface area contributed by atoms with E-state index in [0.717, 1.165) is 29.6 Å². The van der Waals surface area contributed by atoms with Crippen LogP contribution in [0.5, 0.6) is 0 Å². The van der Waals surface area contributed by atoms with Crippen LogP contribution in [0.3, 0.4) is 0 Å². The molecule has 0 radical (unpaired) electrons. The number of nitrogens with one attached hydrogen (secondary N) is 1. The molecule has 1 atom stereocenters. The monoisotopic (exact) mass is 315 g/mol. The van der Waals surface area contributed by atoms with Gasteiger partial charge in [0.25, 0.3) is 0 Å². The van der Waals surface area contributed by atoms with E-state index in [9.17, 15) is 4.79 Å². The molecule has 5 nitrogen and oxygen atoms in total. The standard InChI is InChI=1S/C18H25N3O2/c1-2-17-21-15-11-13(8-9-16(15)23-17)20-18(22)14(19)10-12-6-4-3-5-7-12/h8-9,11-12,14H,2-7,10,19H2,1H3,(H,20,22). The predicted molar refractivity (Wildman–Crippen MR) is 91.2 cm³/mol. The SMILES string of the molecule is CCc1nc2cc(NC(=O)C(N)CC3CCCCC3)ccc2o1. The van der Waals surface area contributed by atoms with Gasteiger partial charge in [-0.15, -0.1) is 0 Å². The van der Waals surface area contributed by atoms with Gasteiger partial charge in [0.15, 0.2) is 11.5 Å². The van der Waals surface area contributed by atoms with Gasteiger partial charge >= 0.3 is 0 Å². The van der Waals surface area contributed by atoms with Gasteiger partial charge in [0.05, 0.1) is 6.04 Å². The van der Waals surface area contributed by atoms with Crippen molar-refractivity contribution in [1.82, 2.24) is 4.98 Å². The number of nitrogens with two attached hydrogens (primary N) is 1. The largest absolute Gasteiger partial charge is 0.441 e. The lowest BCUT2D eigenvalue weighted by Gasteiger charge is -2.24. The van der Waals surface area contributed by atoms with Gasteiger partial charge in [0.2, 0.25) is 5.91 Å². The highest BCUT2D eigenvalue weighted by atomic mass is 16.3. The summed E-state index contributed by atoms with van der Waals surface area (Å²) >= 11 is 0. The lowest BCUT2D eigenvalue weighted by atomic mass is 9.85. The maximum absolute atomic E-state index is 12.3. The van der Waals surface area contributed by atoms with E-state index in [4.69, 9.17) is 10.2 Å². The van der Waals surface area contributed by atoms with E-state index in [1.807, 2.05) is 25.1 Å². The number of hydrogen-bond acceptors (Lipinski definition) is 4. The van der Waals surface area contributed by atoms with Gasteiger partial charge in [-0.2, -0.15) is 0 Å². The van der Waals surface area contributed by atoms with E-state index in [-0.39, 0.29) is 5.91 Å². The number of hydrogen-bond donors (Lipinski definition) is 2. The van der Waals surface area contributed by atoms with Crippen molar-refractivity contribution in [2.45, 2.75) is 57.9 Å². The first kappa shape index (κ1) is 16.0. The molecule has 0 aliphatic heterocycles. The van der Waals surface area contributed by atoms with Crippen molar-refractivity contribution in [2.75, 3.05) is 5.32 Å². The van der Waals surface area contributed by atoms with Crippen LogP contribution in [0.4, 0.5) is 5.69 Å². The highest BCUT2D eigenvalue weighted by Crippen LogP contribution is 2.27. The Morgan fingerprint density at radius 1 is 1.39 bits per heavy atom. The fraction of sp³-hybridized carbons (Fsp3) is 0.556. The van der Waals surface area contributed by atoms with Crippen LogP contribution in [0.15, 0.2) is 22.6 Å². The Morgan fingerprint density at radius 2 is 2.17 bits per heavy atom. The molecule has 1 aromatic heterocycles.